The van der Waals surface area contributed by atoms with E-state index in [2.05, 4.69) is 44.5 Å². The van der Waals surface area contributed by atoms with Gasteiger partial charge in [0.25, 0.3) is 0 Å². The van der Waals surface area contributed by atoms with E-state index in [0.717, 1.165) is 24.1 Å². The van der Waals surface area contributed by atoms with E-state index in [1.807, 2.05) is 36.4 Å². The van der Waals surface area contributed by atoms with Crippen molar-refractivity contribution in [3.8, 4) is 5.75 Å². The molecule has 42 heavy (non-hydrogen) atoms. The molecule has 2 aliphatic rings. The van der Waals surface area contributed by atoms with Crippen LogP contribution in [0.1, 0.15) is 38.5 Å². The Labute approximate surface area is 254 Å². The summed E-state index contributed by atoms with van der Waals surface area (Å²) in [5.41, 5.74) is 10.1. The number of nitrogens with zero attached hydrogens (tertiary/aromatic N) is 4. The van der Waals surface area contributed by atoms with Crippen LogP contribution in [0.3, 0.4) is 0 Å². The lowest BCUT2D eigenvalue weighted by molar-refractivity contribution is 0.0924. The fourth-order valence-electron chi connectivity index (χ4n) is 6.39. The summed E-state index contributed by atoms with van der Waals surface area (Å²) >= 11 is 6.44. The van der Waals surface area contributed by atoms with Gasteiger partial charge in [-0.15, -0.1) is 0 Å². The van der Waals surface area contributed by atoms with E-state index >= 15 is 0 Å². The fourth-order valence-corrected chi connectivity index (χ4v) is 7.69. The SMILES string of the molecule is COc1cc(N2CCC3(CCC(N(C)C)CC3)CC2)c(N)cc1Nc1ncc(Cl)c(Nc2ccccc2P(C)(C)=O)n1. The number of rotatable bonds is 8. The predicted molar refractivity (Wildman–Crippen MR) is 176 cm³/mol. The molecule has 1 saturated heterocycles. The Balaban J connectivity index is 1.31. The van der Waals surface area contributed by atoms with Crippen molar-refractivity contribution < 1.29 is 9.30 Å². The predicted octanol–water partition coefficient (Wildman–Crippen LogP) is 6.55. The molecular formula is C31H43ClN7O2P. The first-order valence-electron chi connectivity index (χ1n) is 14.6. The van der Waals surface area contributed by atoms with E-state index in [9.17, 15) is 4.57 Å². The molecule has 4 N–H and O–H groups in total. The van der Waals surface area contributed by atoms with Crippen LogP contribution < -0.4 is 31.3 Å². The lowest BCUT2D eigenvalue weighted by Gasteiger charge is -2.47. The van der Waals surface area contributed by atoms with E-state index in [1.54, 1.807) is 20.4 Å². The van der Waals surface area contributed by atoms with E-state index in [4.69, 9.17) is 22.1 Å². The molecular weight excluding hydrogens is 569 g/mol. The van der Waals surface area contributed by atoms with E-state index in [-0.39, 0.29) is 0 Å². The maximum absolute atomic E-state index is 12.8. The zero-order valence-corrected chi connectivity index (χ0v) is 26.9. The third-order valence-corrected chi connectivity index (χ3v) is 10.8. The van der Waals surface area contributed by atoms with Crippen molar-refractivity contribution in [2.75, 3.05) is 68.9 Å². The number of para-hydroxylation sites is 1. The van der Waals surface area contributed by atoms with Gasteiger partial charge in [0.15, 0.2) is 5.82 Å². The van der Waals surface area contributed by atoms with Gasteiger partial charge in [-0.25, -0.2) is 4.98 Å². The molecule has 0 amide bonds. The van der Waals surface area contributed by atoms with Gasteiger partial charge in [-0.1, -0.05) is 23.7 Å². The summed E-state index contributed by atoms with van der Waals surface area (Å²) in [6, 6.07) is 12.1. The normalized spacial score (nSPS) is 17.5. The van der Waals surface area contributed by atoms with Gasteiger partial charge in [-0.2, -0.15) is 4.98 Å². The first kappa shape index (κ1) is 30.5. The molecule has 1 spiro atoms. The van der Waals surface area contributed by atoms with Crippen molar-refractivity contribution in [3.63, 3.8) is 0 Å². The molecule has 226 valence electrons. The lowest BCUT2D eigenvalue weighted by Crippen LogP contribution is -2.44. The van der Waals surface area contributed by atoms with Gasteiger partial charge in [0, 0.05) is 30.5 Å². The first-order chi connectivity index (χ1) is 20.0. The van der Waals surface area contributed by atoms with Crippen molar-refractivity contribution >= 4 is 58.6 Å². The van der Waals surface area contributed by atoms with Gasteiger partial charge < -0.3 is 35.5 Å². The molecule has 2 fully saturated rings. The molecule has 5 rings (SSSR count). The zero-order valence-electron chi connectivity index (χ0n) is 25.3. The van der Waals surface area contributed by atoms with Gasteiger partial charge in [-0.3, -0.25) is 0 Å². The Morgan fingerprint density at radius 1 is 1.07 bits per heavy atom. The fraction of sp³-hybridized carbons (Fsp3) is 0.484. The number of hydrogen-bond donors (Lipinski definition) is 3. The van der Waals surface area contributed by atoms with Crippen molar-refractivity contribution in [1.82, 2.24) is 14.9 Å². The molecule has 2 heterocycles. The molecule has 0 unspecified atom stereocenters. The van der Waals surface area contributed by atoms with Crippen molar-refractivity contribution in [1.29, 1.82) is 0 Å². The number of anilines is 6. The van der Waals surface area contributed by atoms with Gasteiger partial charge in [0.1, 0.15) is 17.9 Å². The van der Waals surface area contributed by atoms with Gasteiger partial charge in [-0.05, 0) is 89.6 Å². The van der Waals surface area contributed by atoms with Crippen molar-refractivity contribution in [3.05, 3.63) is 47.6 Å². The van der Waals surface area contributed by atoms with Crippen LogP contribution in [0.25, 0.3) is 0 Å². The highest BCUT2D eigenvalue weighted by atomic mass is 35.5. The molecule has 1 aliphatic carbocycles. The third-order valence-electron chi connectivity index (χ3n) is 8.99. The molecule has 9 nitrogen and oxygen atoms in total. The summed E-state index contributed by atoms with van der Waals surface area (Å²) in [6.07, 6.45) is 9.11. The minimum atomic E-state index is -2.52. The molecule has 1 saturated carbocycles. The number of ether oxygens (including phenoxy) is 1. The Bertz CT molecular complexity index is 1460. The van der Waals surface area contributed by atoms with Crippen LogP contribution in [0, 0.1) is 5.41 Å². The van der Waals surface area contributed by atoms with Crippen LogP contribution in [-0.2, 0) is 4.57 Å². The van der Waals surface area contributed by atoms with E-state index in [0.29, 0.717) is 51.1 Å². The van der Waals surface area contributed by atoms with Crippen LogP contribution in [0.2, 0.25) is 5.02 Å². The number of methoxy groups -OCH3 is 1. The number of nitrogen functional groups attached to an aromatic ring is 1. The number of aromatic nitrogens is 2. The van der Waals surface area contributed by atoms with E-state index < -0.39 is 7.14 Å². The minimum absolute atomic E-state index is 0.328. The average Bonchev–Trinajstić information content (AvgIpc) is 2.96. The van der Waals surface area contributed by atoms with Crippen molar-refractivity contribution in [2.24, 2.45) is 5.41 Å². The van der Waals surface area contributed by atoms with Crippen LogP contribution in [0.15, 0.2) is 42.6 Å². The third kappa shape index (κ3) is 6.64. The lowest BCUT2D eigenvalue weighted by atomic mass is 9.66. The summed E-state index contributed by atoms with van der Waals surface area (Å²) in [5, 5.41) is 7.56. The summed E-state index contributed by atoms with van der Waals surface area (Å²) in [4.78, 5) is 13.7. The largest absolute Gasteiger partial charge is 0.494 e. The second kappa shape index (κ2) is 12.3. The van der Waals surface area contributed by atoms with E-state index in [1.165, 1.54) is 44.7 Å². The minimum Gasteiger partial charge on any atom is -0.494 e. The van der Waals surface area contributed by atoms with Crippen molar-refractivity contribution in [2.45, 2.75) is 44.6 Å². The summed E-state index contributed by atoms with van der Waals surface area (Å²) in [5.74, 6) is 1.39. The zero-order chi connectivity index (χ0) is 30.1. The molecule has 1 aliphatic heterocycles. The second-order valence-electron chi connectivity index (χ2n) is 12.3. The number of piperidine rings is 1. The number of hydrogen-bond acceptors (Lipinski definition) is 9. The molecule has 11 heteroatoms. The molecule has 0 radical (unpaired) electrons. The van der Waals surface area contributed by atoms with Gasteiger partial charge in [0.05, 0.1) is 36.1 Å². The van der Waals surface area contributed by atoms with Crippen LogP contribution in [-0.4, -0.2) is 68.5 Å². The second-order valence-corrected chi connectivity index (χ2v) is 15.9. The molecule has 2 aromatic carbocycles. The smallest absolute Gasteiger partial charge is 0.229 e. The highest BCUT2D eigenvalue weighted by Crippen LogP contribution is 2.47. The molecule has 3 aromatic rings. The number of halogens is 1. The Morgan fingerprint density at radius 2 is 1.76 bits per heavy atom. The van der Waals surface area contributed by atoms with Gasteiger partial charge in [0.2, 0.25) is 5.95 Å². The quantitative estimate of drug-likeness (QED) is 0.193. The highest BCUT2D eigenvalue weighted by molar-refractivity contribution is 7.70. The molecule has 0 atom stereocenters. The maximum atomic E-state index is 12.8. The van der Waals surface area contributed by atoms with Gasteiger partial charge >= 0.3 is 0 Å². The topological polar surface area (TPSA) is 109 Å². The van der Waals surface area contributed by atoms with Crippen LogP contribution in [0.5, 0.6) is 5.75 Å². The standard InChI is InChI=1S/C31H43ClN7O2P/c1-38(2)21-10-12-31(13-11-21)14-16-39(17-15-31)26-19-27(41-3)25(18-23(26)33)36-30-34-20-22(32)29(37-30)35-24-8-6-7-9-28(24)42(4,5)40/h6-9,18-21H,10-17,33H2,1-5H3,(H2,34,35,36,37). The van der Waals surface area contributed by atoms with Crippen LogP contribution >= 0.6 is 18.7 Å². The number of nitrogens with two attached hydrogens (primary N) is 1. The Morgan fingerprint density at radius 3 is 2.40 bits per heavy atom. The summed E-state index contributed by atoms with van der Waals surface area (Å²) < 4.78 is 18.6. The molecule has 1 aromatic heterocycles. The first-order valence-corrected chi connectivity index (χ1v) is 17.6. The Hall–Kier alpha value is -3.00. The molecule has 0 bridgehead atoms. The van der Waals surface area contributed by atoms with Crippen LogP contribution in [0.4, 0.5) is 34.5 Å². The summed E-state index contributed by atoms with van der Waals surface area (Å²) in [6.45, 7) is 5.46. The number of benzene rings is 2. The average molecular weight is 612 g/mol. The highest BCUT2D eigenvalue weighted by Gasteiger charge is 2.38. The maximum Gasteiger partial charge on any atom is 0.229 e. The Kier molecular flexibility index (Phi) is 8.93. The summed E-state index contributed by atoms with van der Waals surface area (Å²) in [7, 11) is 3.53. The monoisotopic (exact) mass is 611 g/mol. The number of nitrogens with one attached hydrogen (secondary N) is 2.